The standard InChI is InChI=1S/C4H3FN2O2/c5-2-1-6-4(9)7-3(2)8/h1H,(H2,6,7,8,9)/i5+0. The summed E-state index contributed by atoms with van der Waals surface area (Å²) in [7, 11) is 0. The van der Waals surface area contributed by atoms with Crippen LogP contribution >= 0.6 is 0 Å². The Hall–Kier alpha value is -1.39. The molecule has 1 heterocycles. The number of hydrogen-bond acceptors (Lipinski definition) is 2. The Morgan fingerprint density at radius 2 is 2.11 bits per heavy atom. The van der Waals surface area contributed by atoms with Gasteiger partial charge < -0.3 is 4.98 Å². The summed E-state index contributed by atoms with van der Waals surface area (Å²) >= 11 is 0. The van der Waals surface area contributed by atoms with E-state index in [1.54, 1.807) is 4.98 Å². The zero-order valence-corrected chi connectivity index (χ0v) is 4.27. The summed E-state index contributed by atoms with van der Waals surface area (Å²) < 4.78 is 12.0. The van der Waals surface area contributed by atoms with Crippen LogP contribution in [0.4, 0.5) is 4.39 Å². The molecule has 0 spiro atoms. The second-order valence-electron chi connectivity index (χ2n) is 1.42. The van der Waals surface area contributed by atoms with Crippen molar-refractivity contribution in [3.63, 3.8) is 0 Å². The number of H-pyrrole nitrogens is 2. The van der Waals surface area contributed by atoms with E-state index in [1.165, 1.54) is 0 Å². The van der Waals surface area contributed by atoms with E-state index in [-0.39, 0.29) is 0 Å². The first-order valence-electron chi connectivity index (χ1n) is 2.17. The number of nitrogens with one attached hydrogen (secondary N) is 2. The summed E-state index contributed by atoms with van der Waals surface area (Å²) in [5.74, 6) is -0.991. The highest BCUT2D eigenvalue weighted by molar-refractivity contribution is 4.83. The van der Waals surface area contributed by atoms with Gasteiger partial charge >= 0.3 is 5.69 Å². The van der Waals surface area contributed by atoms with Gasteiger partial charge in [-0.05, 0) is 0 Å². The summed E-state index contributed by atoms with van der Waals surface area (Å²) in [6, 6.07) is 0. The second-order valence-corrected chi connectivity index (χ2v) is 1.42. The van der Waals surface area contributed by atoms with Gasteiger partial charge in [-0.3, -0.25) is 9.78 Å². The molecule has 9 heavy (non-hydrogen) atoms. The fourth-order valence-electron chi connectivity index (χ4n) is 0.393. The molecule has 0 aliphatic heterocycles. The van der Waals surface area contributed by atoms with Crippen LogP contribution in [0.3, 0.4) is 0 Å². The zero-order chi connectivity index (χ0) is 6.85. The maximum absolute atomic E-state index is 12.0. The predicted molar refractivity (Wildman–Crippen MR) is 27.6 cm³/mol. The molecule has 5 heteroatoms. The third-order valence-electron chi connectivity index (χ3n) is 0.774. The van der Waals surface area contributed by atoms with Crippen LogP contribution in [0.25, 0.3) is 0 Å². The van der Waals surface area contributed by atoms with E-state index in [0.29, 0.717) is 6.20 Å². The maximum atomic E-state index is 12.0. The van der Waals surface area contributed by atoms with Crippen molar-refractivity contribution < 1.29 is 4.39 Å². The fraction of sp³-hybridized carbons (Fsp3) is 0. The van der Waals surface area contributed by atoms with Crippen molar-refractivity contribution in [1.82, 2.24) is 9.97 Å². The fourth-order valence-corrected chi connectivity index (χ4v) is 0.393. The molecular formula is C4H3FN2O2. The van der Waals surface area contributed by atoms with Crippen LogP contribution in [0.1, 0.15) is 0 Å². The van der Waals surface area contributed by atoms with E-state index in [9.17, 15) is 14.0 Å². The normalized spacial score (nSPS) is 9.44. The van der Waals surface area contributed by atoms with Gasteiger partial charge in [-0.25, -0.2) is 4.79 Å². The van der Waals surface area contributed by atoms with Crippen LogP contribution in [-0.4, -0.2) is 9.97 Å². The molecule has 1 aromatic heterocycles. The van der Waals surface area contributed by atoms with Crippen molar-refractivity contribution in [2.24, 2.45) is 0 Å². The van der Waals surface area contributed by atoms with Crippen molar-refractivity contribution in [2.75, 3.05) is 0 Å². The number of aromatic nitrogens is 2. The smallest absolute Gasteiger partial charge is 0.311 e. The van der Waals surface area contributed by atoms with Gasteiger partial charge in [-0.1, -0.05) is 0 Å². The lowest BCUT2D eigenvalue weighted by Crippen LogP contribution is -2.23. The molecule has 4 nitrogen and oxygen atoms in total. The lowest BCUT2D eigenvalue weighted by atomic mass is 10.6. The molecule has 48 valence electrons. The molecule has 0 unspecified atom stereocenters. The van der Waals surface area contributed by atoms with Crippen molar-refractivity contribution in [3.05, 3.63) is 32.9 Å². The van der Waals surface area contributed by atoms with Crippen LogP contribution in [0.2, 0.25) is 0 Å². The van der Waals surface area contributed by atoms with Crippen LogP contribution in [-0.2, 0) is 0 Å². The highest BCUT2D eigenvalue weighted by Crippen LogP contribution is 1.74. The summed E-state index contributed by atoms with van der Waals surface area (Å²) in [6.45, 7) is 0. The summed E-state index contributed by atoms with van der Waals surface area (Å²) in [6.07, 6.45) is 0.709. The van der Waals surface area contributed by atoms with Crippen LogP contribution in [0, 0.1) is 5.82 Å². The van der Waals surface area contributed by atoms with Gasteiger partial charge in [0.2, 0.25) is 5.82 Å². The van der Waals surface area contributed by atoms with E-state index in [2.05, 4.69) is 0 Å². The van der Waals surface area contributed by atoms with Gasteiger partial charge in [0, 0.05) is 6.20 Å². The molecule has 0 aromatic carbocycles. The molecule has 0 saturated carbocycles. The minimum atomic E-state index is -1.00. The molecule has 0 aliphatic rings. The van der Waals surface area contributed by atoms with Crippen molar-refractivity contribution in [3.8, 4) is 0 Å². The van der Waals surface area contributed by atoms with Gasteiger partial charge in [0.25, 0.3) is 5.56 Å². The first kappa shape index (κ1) is 5.74. The van der Waals surface area contributed by atoms with E-state index in [1.807, 2.05) is 4.98 Å². The monoisotopic (exact) mass is 130 g/mol. The summed E-state index contributed by atoms with van der Waals surface area (Å²) in [5, 5.41) is 0. The van der Waals surface area contributed by atoms with E-state index in [4.69, 9.17) is 0 Å². The van der Waals surface area contributed by atoms with Gasteiger partial charge in [0.15, 0.2) is 0 Å². The minimum Gasteiger partial charge on any atom is -0.311 e. The van der Waals surface area contributed by atoms with Gasteiger partial charge in [0.05, 0.1) is 0 Å². The number of aromatic amines is 2. The molecule has 1 aromatic rings. The minimum absolute atomic E-state index is 0.707. The maximum Gasteiger partial charge on any atom is 0.325 e. The van der Waals surface area contributed by atoms with Crippen LogP contribution in [0.15, 0.2) is 15.8 Å². The molecule has 0 aliphatic carbocycles. The summed E-state index contributed by atoms with van der Waals surface area (Å²) in [5.41, 5.74) is -1.71. The van der Waals surface area contributed by atoms with Gasteiger partial charge in [-0.2, -0.15) is 4.39 Å². The third-order valence-corrected chi connectivity index (χ3v) is 0.774. The van der Waals surface area contributed by atoms with Gasteiger partial charge in [0.1, 0.15) is 0 Å². The Labute approximate surface area is 48.4 Å². The van der Waals surface area contributed by atoms with E-state index in [0.717, 1.165) is 0 Å². The molecule has 1 rings (SSSR count). The van der Waals surface area contributed by atoms with Crippen LogP contribution in [0.5, 0.6) is 0 Å². The SMILES string of the molecule is O=c1[nH]cc([19F])c(=O)[nH]1. The van der Waals surface area contributed by atoms with E-state index >= 15 is 0 Å². The average molecular weight is 130 g/mol. The molecule has 0 bridgehead atoms. The number of halogens is 1. The molecule has 0 saturated heterocycles. The summed E-state index contributed by atoms with van der Waals surface area (Å²) in [4.78, 5) is 24.0. The first-order valence-corrected chi connectivity index (χ1v) is 2.17. The average Bonchev–Trinajstić information content (AvgIpc) is 1.80. The Kier molecular flexibility index (Phi) is 1.18. The Balaban J connectivity index is 3.52. The second kappa shape index (κ2) is 1.85. The first-order chi connectivity index (χ1) is 4.20. The Morgan fingerprint density at radius 1 is 1.44 bits per heavy atom. The quantitative estimate of drug-likeness (QED) is 0.483. The third kappa shape index (κ3) is 1.04. The van der Waals surface area contributed by atoms with Crippen molar-refractivity contribution in [1.29, 1.82) is 0 Å². The van der Waals surface area contributed by atoms with E-state index < -0.39 is 17.1 Å². The largest absolute Gasteiger partial charge is 0.325 e. The van der Waals surface area contributed by atoms with Crippen molar-refractivity contribution in [2.45, 2.75) is 0 Å². The molecule has 0 fully saturated rings. The highest BCUT2D eigenvalue weighted by Gasteiger charge is 1.93. The Bertz CT molecular complexity index is 313. The van der Waals surface area contributed by atoms with Crippen LogP contribution < -0.4 is 11.2 Å². The lowest BCUT2D eigenvalue weighted by Gasteiger charge is -1.81. The molecule has 0 atom stereocenters. The van der Waals surface area contributed by atoms with Gasteiger partial charge in [-0.15, -0.1) is 0 Å². The lowest BCUT2D eigenvalue weighted by molar-refractivity contribution is 0.597. The van der Waals surface area contributed by atoms with Crippen molar-refractivity contribution >= 4 is 0 Å². The molecule has 0 radical (unpaired) electrons. The molecule has 2 N–H and O–H groups in total. The molecular weight excluding hydrogens is 127 g/mol. The predicted octanol–water partition coefficient (Wildman–Crippen LogP) is -0.798. The number of hydrogen-bond donors (Lipinski definition) is 2. The zero-order valence-electron chi connectivity index (χ0n) is 4.27. The number of rotatable bonds is 0. The highest BCUT2D eigenvalue weighted by atomic mass is 19.1. The topological polar surface area (TPSA) is 65.7 Å². The Morgan fingerprint density at radius 3 is 2.56 bits per heavy atom. The molecule has 0 amide bonds.